The number of hydrogen-bond donors (Lipinski definition) is 0. The molecule has 1 aromatic carbocycles. The van der Waals surface area contributed by atoms with Crippen LogP contribution in [0.1, 0.15) is 45.1 Å². The Morgan fingerprint density at radius 1 is 0.955 bits per heavy atom. The lowest BCUT2D eigenvalue weighted by atomic mass is 10.2. The van der Waals surface area contributed by atoms with E-state index in [2.05, 4.69) is 43.7 Å². The summed E-state index contributed by atoms with van der Waals surface area (Å²) in [4.78, 5) is 0. The molecule has 0 amide bonds. The molecule has 0 aliphatic rings. The van der Waals surface area contributed by atoms with Crippen molar-refractivity contribution in [3.63, 3.8) is 0 Å². The fourth-order valence-electron chi connectivity index (χ4n) is 2.50. The second-order valence-electron chi connectivity index (χ2n) is 5.68. The summed E-state index contributed by atoms with van der Waals surface area (Å²) in [7, 11) is 0. The molecule has 0 saturated heterocycles. The molecule has 1 aromatic rings. The molecular formula is C20H28IN. The molecule has 0 atom stereocenters. The highest BCUT2D eigenvalue weighted by atomic mass is 127. The van der Waals surface area contributed by atoms with Gasteiger partial charge in [-0.15, -0.1) is 6.42 Å². The molecule has 2 heteroatoms. The summed E-state index contributed by atoms with van der Waals surface area (Å²) in [5, 5.41) is 0. The third kappa shape index (κ3) is 7.87. The van der Waals surface area contributed by atoms with E-state index in [9.17, 15) is 0 Å². The van der Waals surface area contributed by atoms with Crippen LogP contribution >= 0.6 is 0 Å². The second-order valence-corrected chi connectivity index (χ2v) is 5.68. The molecule has 120 valence electrons. The maximum atomic E-state index is 5.63. The molecule has 1 nitrogen and oxygen atoms in total. The van der Waals surface area contributed by atoms with Crippen molar-refractivity contribution in [2.75, 3.05) is 26.2 Å². The first-order valence-electron chi connectivity index (χ1n) is 8.09. The summed E-state index contributed by atoms with van der Waals surface area (Å²) in [6.45, 7) is 8.41. The van der Waals surface area contributed by atoms with Gasteiger partial charge in [0.1, 0.15) is 13.1 Å². The predicted molar refractivity (Wildman–Crippen MR) is 91.7 cm³/mol. The van der Waals surface area contributed by atoms with Gasteiger partial charge in [-0.2, -0.15) is 0 Å². The van der Waals surface area contributed by atoms with Gasteiger partial charge in [-0.25, -0.2) is 0 Å². The van der Waals surface area contributed by atoms with Gasteiger partial charge in [-0.05, 0) is 36.8 Å². The second kappa shape index (κ2) is 12.6. The highest BCUT2D eigenvalue weighted by Gasteiger charge is 2.23. The minimum Gasteiger partial charge on any atom is -1.00 e. The third-order valence-corrected chi connectivity index (χ3v) is 3.82. The average molecular weight is 409 g/mol. The number of rotatable bonds is 8. The van der Waals surface area contributed by atoms with Crippen molar-refractivity contribution in [2.24, 2.45) is 0 Å². The molecule has 0 bridgehead atoms. The summed E-state index contributed by atoms with van der Waals surface area (Å²) in [6.07, 6.45) is 10.5. The molecule has 0 unspecified atom stereocenters. The van der Waals surface area contributed by atoms with E-state index in [4.69, 9.17) is 6.42 Å². The molecule has 1 rings (SSSR count). The van der Waals surface area contributed by atoms with Crippen LogP contribution in [0.15, 0.2) is 30.3 Å². The Kier molecular flexibility index (Phi) is 12.0. The van der Waals surface area contributed by atoms with Gasteiger partial charge in [0.15, 0.2) is 0 Å². The van der Waals surface area contributed by atoms with Crippen LogP contribution in [-0.2, 0) is 0 Å². The van der Waals surface area contributed by atoms with Crippen molar-refractivity contribution in [1.29, 1.82) is 0 Å². The molecule has 0 N–H and O–H groups in total. The Labute approximate surface area is 154 Å². The molecule has 0 saturated carbocycles. The van der Waals surface area contributed by atoms with Crippen LogP contribution in [0.2, 0.25) is 0 Å². The number of quaternary nitrogens is 1. The molecule has 0 fully saturated rings. The lowest BCUT2D eigenvalue weighted by molar-refractivity contribution is -0.915. The van der Waals surface area contributed by atoms with Gasteiger partial charge in [0.05, 0.1) is 13.1 Å². The monoisotopic (exact) mass is 409 g/mol. The van der Waals surface area contributed by atoms with E-state index in [1.807, 2.05) is 18.2 Å². The molecule has 0 aromatic heterocycles. The van der Waals surface area contributed by atoms with Gasteiger partial charge in [0.25, 0.3) is 0 Å². The normalized spacial score (nSPS) is 10.0. The zero-order valence-electron chi connectivity index (χ0n) is 13.9. The summed E-state index contributed by atoms with van der Waals surface area (Å²) in [6, 6.07) is 10.2. The fraction of sp³-hybridized carbons (Fsp3) is 0.500. The van der Waals surface area contributed by atoms with Gasteiger partial charge >= 0.3 is 0 Å². The summed E-state index contributed by atoms with van der Waals surface area (Å²) < 4.78 is 0.956. The number of unbranched alkanes of at least 4 members (excludes halogenated alkanes) is 2. The third-order valence-electron chi connectivity index (χ3n) is 3.82. The Morgan fingerprint density at radius 3 is 2.05 bits per heavy atom. The first kappa shape index (κ1) is 21.0. The molecule has 0 radical (unpaired) electrons. The number of nitrogens with zero attached hydrogens (tertiary/aromatic N) is 1. The zero-order chi connectivity index (χ0) is 15.4. The van der Waals surface area contributed by atoms with Crippen LogP contribution in [-0.4, -0.2) is 30.7 Å². The average Bonchev–Trinajstić information content (AvgIpc) is 2.52. The van der Waals surface area contributed by atoms with Crippen LogP contribution in [0.25, 0.3) is 0 Å². The molecular weight excluding hydrogens is 381 g/mol. The minimum atomic E-state index is 0. The van der Waals surface area contributed by atoms with E-state index >= 15 is 0 Å². The molecule has 0 aliphatic heterocycles. The number of hydrogen-bond acceptors (Lipinski definition) is 0. The van der Waals surface area contributed by atoms with E-state index < -0.39 is 0 Å². The Bertz CT molecular complexity index is 482. The lowest BCUT2D eigenvalue weighted by Crippen LogP contribution is -3.00. The van der Waals surface area contributed by atoms with Crippen molar-refractivity contribution in [2.45, 2.75) is 39.5 Å². The van der Waals surface area contributed by atoms with Crippen molar-refractivity contribution < 1.29 is 28.5 Å². The highest BCUT2D eigenvalue weighted by molar-refractivity contribution is 5.33. The van der Waals surface area contributed by atoms with Crippen LogP contribution in [0.4, 0.5) is 0 Å². The van der Waals surface area contributed by atoms with Crippen molar-refractivity contribution in [1.82, 2.24) is 0 Å². The predicted octanol–water partition coefficient (Wildman–Crippen LogP) is 1.09. The van der Waals surface area contributed by atoms with Gasteiger partial charge in [0, 0.05) is 5.56 Å². The van der Waals surface area contributed by atoms with E-state index in [1.165, 1.54) is 25.7 Å². The Balaban J connectivity index is 0.00000441. The minimum absolute atomic E-state index is 0. The topological polar surface area (TPSA) is 0 Å². The smallest absolute Gasteiger partial charge is 0.142 e. The highest BCUT2D eigenvalue weighted by Crippen LogP contribution is 2.11. The lowest BCUT2D eigenvalue weighted by Gasteiger charge is -2.35. The molecule has 0 heterocycles. The van der Waals surface area contributed by atoms with E-state index in [0.717, 1.165) is 36.2 Å². The van der Waals surface area contributed by atoms with Crippen LogP contribution in [0, 0.1) is 24.2 Å². The Morgan fingerprint density at radius 2 is 1.55 bits per heavy atom. The van der Waals surface area contributed by atoms with Crippen LogP contribution in [0.5, 0.6) is 0 Å². The van der Waals surface area contributed by atoms with Crippen molar-refractivity contribution in [3.8, 4) is 24.2 Å². The first-order chi connectivity index (χ1) is 10.3. The standard InChI is InChI=1S/C20H28N.HI/c1-4-7-17-21(16-6-3,18-8-5-2)19-12-15-20-13-10-9-11-14-20;/h3,9-11,13-14H,4-5,7-8,16-19H2,1-2H3;1H/q+1;/p-1. The molecule has 0 spiro atoms. The molecule has 22 heavy (non-hydrogen) atoms. The van der Waals surface area contributed by atoms with Gasteiger partial charge in [-0.1, -0.05) is 50.8 Å². The number of benzene rings is 1. The van der Waals surface area contributed by atoms with E-state index in [-0.39, 0.29) is 24.0 Å². The van der Waals surface area contributed by atoms with Crippen molar-refractivity contribution >= 4 is 0 Å². The van der Waals surface area contributed by atoms with Crippen molar-refractivity contribution in [3.05, 3.63) is 35.9 Å². The molecule has 0 aliphatic carbocycles. The maximum Gasteiger partial charge on any atom is 0.142 e. The largest absolute Gasteiger partial charge is 1.00 e. The fourth-order valence-corrected chi connectivity index (χ4v) is 2.50. The Hall–Kier alpha value is -0.970. The quantitative estimate of drug-likeness (QED) is 0.343. The van der Waals surface area contributed by atoms with Gasteiger partial charge in [0.2, 0.25) is 0 Å². The summed E-state index contributed by atoms with van der Waals surface area (Å²) >= 11 is 0. The number of halogens is 1. The maximum absolute atomic E-state index is 5.63. The summed E-state index contributed by atoms with van der Waals surface area (Å²) in [5.41, 5.74) is 1.09. The van der Waals surface area contributed by atoms with Crippen LogP contribution in [0.3, 0.4) is 0 Å². The zero-order valence-corrected chi connectivity index (χ0v) is 16.1. The van der Waals surface area contributed by atoms with E-state index in [1.54, 1.807) is 0 Å². The SMILES string of the molecule is C#CC[N+](CC#Cc1ccccc1)(CCCC)CCCC.[I-]. The van der Waals surface area contributed by atoms with Crippen LogP contribution < -0.4 is 24.0 Å². The van der Waals surface area contributed by atoms with Gasteiger partial charge in [-0.3, -0.25) is 0 Å². The summed E-state index contributed by atoms with van der Waals surface area (Å²) in [5.74, 6) is 9.53. The number of terminal acetylenes is 1. The first-order valence-corrected chi connectivity index (χ1v) is 8.09. The van der Waals surface area contributed by atoms with Gasteiger partial charge < -0.3 is 28.5 Å². The van der Waals surface area contributed by atoms with E-state index in [0.29, 0.717) is 0 Å².